The molecule has 1 rings (SSSR count). The zero-order valence-corrected chi connectivity index (χ0v) is 8.12. The summed E-state index contributed by atoms with van der Waals surface area (Å²) in [7, 11) is 0. The van der Waals surface area contributed by atoms with Crippen LogP contribution in [-0.4, -0.2) is 13.8 Å². The van der Waals surface area contributed by atoms with Crippen LogP contribution < -0.4 is 4.46 Å². The number of hydrogen-bond acceptors (Lipinski definition) is 1. The Morgan fingerprint density at radius 2 is 1.91 bits per heavy atom. The van der Waals surface area contributed by atoms with Crippen LogP contribution in [0.1, 0.15) is 6.92 Å². The van der Waals surface area contributed by atoms with E-state index in [1.54, 1.807) is 0 Å². The molecule has 0 aliphatic heterocycles. The third kappa shape index (κ3) is 2.11. The first-order valence-corrected chi connectivity index (χ1v) is 5.75. The molecule has 1 aromatic rings. The van der Waals surface area contributed by atoms with E-state index in [-0.39, 0.29) is 0 Å². The summed E-state index contributed by atoms with van der Waals surface area (Å²) in [6, 6.07) is 9.47. The second kappa shape index (κ2) is 3.61. The topological polar surface area (TPSA) is 17.1 Å². The number of rotatable bonds is 2. The molecular weight excluding hydrogens is 203 g/mol. The van der Waals surface area contributed by atoms with Gasteiger partial charge in [0.15, 0.2) is 0 Å². The van der Waals surface area contributed by atoms with Gasteiger partial charge in [-0.3, -0.25) is 0 Å². The Bertz CT molecular complexity index is 277. The van der Waals surface area contributed by atoms with Gasteiger partial charge in [0.25, 0.3) is 0 Å². The van der Waals surface area contributed by atoms with Crippen molar-refractivity contribution in [2.45, 2.75) is 6.92 Å². The molecule has 0 bridgehead atoms. The van der Waals surface area contributed by atoms with Crippen LogP contribution in [-0.2, 0) is 3.83 Å². The van der Waals surface area contributed by atoms with Crippen molar-refractivity contribution in [2.24, 2.45) is 0 Å². The van der Waals surface area contributed by atoms with Crippen LogP contribution in [0.5, 0.6) is 0 Å². The molecule has 0 aromatic heterocycles. The fourth-order valence-electron chi connectivity index (χ4n) is 0.745. The fourth-order valence-corrected chi connectivity index (χ4v) is 2.44. The number of hydrogen-bond donors (Lipinski definition) is 0. The van der Waals surface area contributed by atoms with E-state index in [0.717, 1.165) is 8.93 Å². The summed E-state index contributed by atoms with van der Waals surface area (Å²) in [5, 5.41) is 0. The van der Waals surface area contributed by atoms with E-state index < -0.39 is 13.8 Å². The summed E-state index contributed by atoms with van der Waals surface area (Å²) in [5.41, 5.74) is 0. The molecule has 0 aliphatic carbocycles. The van der Waals surface area contributed by atoms with Crippen molar-refractivity contribution in [2.75, 3.05) is 0 Å². The minimum absolute atomic E-state index is 0.788. The average Bonchev–Trinajstić information content (AvgIpc) is 2.05. The van der Waals surface area contributed by atoms with Crippen LogP contribution in [0, 0.1) is 0 Å². The predicted octanol–water partition coefficient (Wildman–Crippen LogP) is 1.43. The van der Waals surface area contributed by atoms with Gasteiger partial charge in [0.2, 0.25) is 0 Å². The van der Waals surface area contributed by atoms with Crippen molar-refractivity contribution in [3.8, 4) is 0 Å². The Labute approximate surface area is 70.8 Å². The molecular formula is C9H10OSe. The quantitative estimate of drug-likeness (QED) is 0.679. The van der Waals surface area contributed by atoms with Gasteiger partial charge in [0, 0.05) is 0 Å². The third-order valence-corrected chi connectivity index (χ3v) is 4.07. The molecule has 0 aliphatic rings. The maximum atomic E-state index is 11.5. The van der Waals surface area contributed by atoms with E-state index in [2.05, 4.69) is 6.58 Å². The first kappa shape index (κ1) is 8.38. The Morgan fingerprint density at radius 1 is 1.36 bits per heavy atom. The second-order valence-electron chi connectivity index (χ2n) is 2.28. The van der Waals surface area contributed by atoms with Gasteiger partial charge in [-0.2, -0.15) is 0 Å². The standard InChI is InChI=1S/C9H10OSe/c1-8(2)11(10)9-6-4-3-5-7-9/h3-7H,1H2,2H3. The van der Waals surface area contributed by atoms with Crippen molar-refractivity contribution in [1.29, 1.82) is 0 Å². The minimum atomic E-state index is -1.95. The zero-order chi connectivity index (χ0) is 8.27. The Hall–Kier alpha value is -0.721. The van der Waals surface area contributed by atoms with Gasteiger partial charge in [-0.1, -0.05) is 0 Å². The van der Waals surface area contributed by atoms with Crippen molar-refractivity contribution in [3.05, 3.63) is 41.4 Å². The fraction of sp³-hybridized carbons (Fsp3) is 0.111. The van der Waals surface area contributed by atoms with E-state index >= 15 is 0 Å². The molecule has 58 valence electrons. The molecule has 0 N–H and O–H groups in total. The van der Waals surface area contributed by atoms with Crippen molar-refractivity contribution in [1.82, 2.24) is 0 Å². The van der Waals surface area contributed by atoms with Gasteiger partial charge in [0.1, 0.15) is 0 Å². The van der Waals surface area contributed by atoms with E-state index in [1.165, 1.54) is 0 Å². The first-order valence-electron chi connectivity index (χ1n) is 3.34. The normalized spacial score (nSPS) is 12.5. The summed E-state index contributed by atoms with van der Waals surface area (Å²) in [5.74, 6) is 0. The summed E-state index contributed by atoms with van der Waals surface area (Å²) in [6.07, 6.45) is 0. The van der Waals surface area contributed by atoms with Crippen LogP contribution in [0.2, 0.25) is 0 Å². The predicted molar refractivity (Wildman–Crippen MR) is 47.3 cm³/mol. The molecule has 11 heavy (non-hydrogen) atoms. The SMILES string of the molecule is C=C(C)[Se](=O)c1ccccc1. The molecule has 1 aromatic carbocycles. The molecule has 0 spiro atoms. The van der Waals surface area contributed by atoms with Crippen LogP contribution in [0.3, 0.4) is 0 Å². The molecule has 0 radical (unpaired) electrons. The van der Waals surface area contributed by atoms with Gasteiger partial charge < -0.3 is 0 Å². The molecule has 0 fully saturated rings. The van der Waals surface area contributed by atoms with Gasteiger partial charge in [-0.05, 0) is 0 Å². The maximum absolute atomic E-state index is 11.5. The van der Waals surface area contributed by atoms with Gasteiger partial charge in [-0.15, -0.1) is 0 Å². The van der Waals surface area contributed by atoms with Crippen LogP contribution >= 0.6 is 0 Å². The Balaban J connectivity index is 2.95. The van der Waals surface area contributed by atoms with E-state index in [9.17, 15) is 3.83 Å². The Kier molecular flexibility index (Phi) is 2.75. The first-order chi connectivity index (χ1) is 5.22. The summed E-state index contributed by atoms with van der Waals surface area (Å²) in [6.45, 7) is 5.48. The van der Waals surface area contributed by atoms with Gasteiger partial charge in [-0.25, -0.2) is 0 Å². The number of allylic oxidation sites excluding steroid dienone is 1. The summed E-state index contributed by atoms with van der Waals surface area (Å²) < 4.78 is 13.2. The molecule has 1 unspecified atom stereocenters. The van der Waals surface area contributed by atoms with Gasteiger partial charge in [0.05, 0.1) is 0 Å². The monoisotopic (exact) mass is 214 g/mol. The average molecular weight is 213 g/mol. The van der Waals surface area contributed by atoms with E-state index in [1.807, 2.05) is 37.3 Å². The van der Waals surface area contributed by atoms with Crippen molar-refractivity contribution >= 4 is 18.3 Å². The molecule has 1 atom stereocenters. The van der Waals surface area contributed by atoms with E-state index in [0.29, 0.717) is 0 Å². The Morgan fingerprint density at radius 3 is 2.36 bits per heavy atom. The van der Waals surface area contributed by atoms with Crippen molar-refractivity contribution in [3.63, 3.8) is 0 Å². The molecule has 2 heteroatoms. The summed E-state index contributed by atoms with van der Waals surface area (Å²) in [4.78, 5) is 0. The van der Waals surface area contributed by atoms with Crippen LogP contribution in [0.25, 0.3) is 0 Å². The summed E-state index contributed by atoms with van der Waals surface area (Å²) >= 11 is -1.95. The molecule has 0 saturated heterocycles. The third-order valence-electron chi connectivity index (χ3n) is 1.27. The van der Waals surface area contributed by atoms with E-state index in [4.69, 9.17) is 0 Å². The molecule has 0 heterocycles. The van der Waals surface area contributed by atoms with Crippen molar-refractivity contribution < 1.29 is 3.83 Å². The number of benzene rings is 1. The molecule has 1 nitrogen and oxygen atoms in total. The van der Waals surface area contributed by atoms with Crippen LogP contribution in [0.15, 0.2) is 41.4 Å². The van der Waals surface area contributed by atoms with Gasteiger partial charge >= 0.3 is 70.4 Å². The van der Waals surface area contributed by atoms with Crippen LogP contribution in [0.4, 0.5) is 0 Å². The zero-order valence-electron chi connectivity index (χ0n) is 6.41. The molecule has 0 saturated carbocycles. The molecule has 0 amide bonds. The second-order valence-corrected chi connectivity index (χ2v) is 5.86.